The molecule has 0 spiro atoms. The summed E-state index contributed by atoms with van der Waals surface area (Å²) < 4.78 is 4.97. The van der Waals surface area contributed by atoms with Crippen LogP contribution in [0.2, 0.25) is 0 Å². The van der Waals surface area contributed by atoms with E-state index >= 15 is 0 Å². The Hall–Kier alpha value is -2.76. The minimum atomic E-state index is -0.392. The minimum Gasteiger partial charge on any atom is -0.506 e. The number of esters is 1. The average molecular weight is 313 g/mol. The Morgan fingerprint density at radius 3 is 2.57 bits per heavy atom. The monoisotopic (exact) mass is 313 g/mol. The summed E-state index contributed by atoms with van der Waals surface area (Å²) in [6.07, 6.45) is -0.0103. The van der Waals surface area contributed by atoms with E-state index in [2.05, 4.69) is 15.2 Å². The number of nitrogens with zero attached hydrogens (tertiary/aromatic N) is 3. The van der Waals surface area contributed by atoms with E-state index in [0.29, 0.717) is 34.9 Å². The number of benzene rings is 1. The van der Waals surface area contributed by atoms with Crippen molar-refractivity contribution in [3.63, 3.8) is 0 Å². The molecule has 0 aliphatic carbocycles. The number of azo groups is 1. The summed E-state index contributed by atoms with van der Waals surface area (Å²) in [5.41, 5.74) is 2.20. The summed E-state index contributed by atoms with van der Waals surface area (Å²) in [7, 11) is 0. The quantitative estimate of drug-likeness (QED) is 0.669. The van der Waals surface area contributed by atoms with E-state index in [4.69, 9.17) is 4.74 Å². The van der Waals surface area contributed by atoms with Gasteiger partial charge >= 0.3 is 5.97 Å². The van der Waals surface area contributed by atoms with Gasteiger partial charge in [0.2, 0.25) is 0 Å². The van der Waals surface area contributed by atoms with Crippen LogP contribution in [0.5, 0.6) is 5.75 Å². The molecule has 0 radical (unpaired) electrons. The normalized spacial score (nSPS) is 10.9. The highest BCUT2D eigenvalue weighted by Gasteiger charge is 2.17. The molecule has 2 aromatic rings. The van der Waals surface area contributed by atoms with E-state index < -0.39 is 5.97 Å². The van der Waals surface area contributed by atoms with Crippen molar-refractivity contribution in [3.05, 3.63) is 47.2 Å². The second-order valence-corrected chi connectivity index (χ2v) is 4.99. The number of hydrogen-bond donors (Lipinski definition) is 1. The van der Waals surface area contributed by atoms with Crippen LogP contribution in [0.3, 0.4) is 0 Å². The SMILES string of the molecule is CCOC(=O)Cc1c(N=Nc2ccccc2)nc(C)c(O)c1C. The fraction of sp³-hybridized carbons (Fsp3) is 0.294. The molecule has 0 bridgehead atoms. The van der Waals surface area contributed by atoms with Crippen molar-refractivity contribution in [2.75, 3.05) is 6.61 Å². The fourth-order valence-corrected chi connectivity index (χ4v) is 2.11. The maximum absolute atomic E-state index is 11.8. The zero-order chi connectivity index (χ0) is 16.8. The van der Waals surface area contributed by atoms with Gasteiger partial charge in [-0.05, 0) is 32.9 Å². The highest BCUT2D eigenvalue weighted by atomic mass is 16.5. The fourth-order valence-electron chi connectivity index (χ4n) is 2.11. The van der Waals surface area contributed by atoms with Crippen LogP contribution in [0, 0.1) is 13.8 Å². The van der Waals surface area contributed by atoms with E-state index in [-0.39, 0.29) is 12.2 Å². The Bertz CT molecular complexity index is 728. The van der Waals surface area contributed by atoms with Gasteiger partial charge in [-0.15, -0.1) is 10.2 Å². The molecule has 1 heterocycles. The van der Waals surface area contributed by atoms with E-state index in [9.17, 15) is 9.90 Å². The van der Waals surface area contributed by atoms with Gasteiger partial charge in [0, 0.05) is 11.1 Å². The van der Waals surface area contributed by atoms with Gasteiger partial charge in [0.1, 0.15) is 5.75 Å². The zero-order valence-electron chi connectivity index (χ0n) is 13.4. The highest BCUT2D eigenvalue weighted by Crippen LogP contribution is 2.31. The lowest BCUT2D eigenvalue weighted by molar-refractivity contribution is -0.142. The van der Waals surface area contributed by atoms with Gasteiger partial charge in [0.25, 0.3) is 0 Å². The molecule has 1 N–H and O–H groups in total. The summed E-state index contributed by atoms with van der Waals surface area (Å²) in [6, 6.07) is 9.23. The van der Waals surface area contributed by atoms with E-state index in [0.717, 1.165) is 0 Å². The molecule has 0 fully saturated rings. The molecule has 6 nitrogen and oxygen atoms in total. The number of carbonyl (C=O) groups excluding carboxylic acids is 1. The molecular formula is C17H19N3O3. The smallest absolute Gasteiger partial charge is 0.310 e. The second-order valence-electron chi connectivity index (χ2n) is 4.99. The lowest BCUT2D eigenvalue weighted by atomic mass is 10.1. The zero-order valence-corrected chi connectivity index (χ0v) is 13.4. The van der Waals surface area contributed by atoms with Gasteiger partial charge in [-0.1, -0.05) is 18.2 Å². The number of aromatic nitrogens is 1. The molecule has 2 rings (SSSR count). The number of carbonyl (C=O) groups is 1. The largest absolute Gasteiger partial charge is 0.506 e. The number of aromatic hydroxyl groups is 1. The van der Waals surface area contributed by atoms with Crippen molar-refractivity contribution in [1.29, 1.82) is 0 Å². The van der Waals surface area contributed by atoms with E-state index in [1.807, 2.05) is 30.3 Å². The van der Waals surface area contributed by atoms with Crippen molar-refractivity contribution < 1.29 is 14.6 Å². The Kier molecular flexibility index (Phi) is 5.41. The van der Waals surface area contributed by atoms with E-state index in [1.54, 1.807) is 20.8 Å². The second kappa shape index (κ2) is 7.49. The Labute approximate surface area is 134 Å². The molecule has 0 aliphatic heterocycles. The molecule has 0 atom stereocenters. The maximum atomic E-state index is 11.8. The number of aryl methyl sites for hydroxylation is 1. The summed E-state index contributed by atoms with van der Waals surface area (Å²) in [6.45, 7) is 5.44. The lowest BCUT2D eigenvalue weighted by Gasteiger charge is -2.11. The molecule has 1 aromatic heterocycles. The number of ether oxygens (including phenoxy) is 1. The van der Waals surface area contributed by atoms with Crippen molar-refractivity contribution >= 4 is 17.5 Å². The van der Waals surface area contributed by atoms with Gasteiger partial charge < -0.3 is 9.84 Å². The molecular weight excluding hydrogens is 294 g/mol. The molecule has 120 valence electrons. The van der Waals surface area contributed by atoms with Gasteiger partial charge in [-0.2, -0.15) is 0 Å². The molecule has 0 aliphatic rings. The molecule has 6 heteroatoms. The highest BCUT2D eigenvalue weighted by molar-refractivity contribution is 5.75. The van der Waals surface area contributed by atoms with Crippen LogP contribution < -0.4 is 0 Å². The van der Waals surface area contributed by atoms with Crippen LogP contribution in [0.4, 0.5) is 11.5 Å². The number of rotatable bonds is 5. The molecule has 0 saturated carbocycles. The van der Waals surface area contributed by atoms with Crippen LogP contribution in [-0.2, 0) is 16.0 Å². The third-order valence-corrected chi connectivity index (χ3v) is 3.34. The molecule has 0 unspecified atom stereocenters. The minimum absolute atomic E-state index is 0.0103. The summed E-state index contributed by atoms with van der Waals surface area (Å²) in [5, 5.41) is 18.3. The first kappa shape index (κ1) is 16.6. The van der Waals surface area contributed by atoms with Crippen molar-refractivity contribution in [2.45, 2.75) is 27.2 Å². The van der Waals surface area contributed by atoms with Crippen LogP contribution in [0.15, 0.2) is 40.6 Å². The average Bonchev–Trinajstić information content (AvgIpc) is 2.55. The predicted octanol–water partition coefficient (Wildman–Crippen LogP) is 3.93. The number of pyridine rings is 1. The van der Waals surface area contributed by atoms with Crippen LogP contribution >= 0.6 is 0 Å². The standard InChI is InChI=1S/C17H19N3O3/c1-4-23-15(21)10-14-11(2)16(22)12(3)18-17(14)20-19-13-8-6-5-7-9-13/h5-9,22H,4,10H2,1-3H3. The first-order valence-corrected chi connectivity index (χ1v) is 7.34. The third-order valence-electron chi connectivity index (χ3n) is 3.34. The van der Waals surface area contributed by atoms with Gasteiger partial charge in [-0.25, -0.2) is 4.98 Å². The maximum Gasteiger partial charge on any atom is 0.310 e. The molecule has 1 aromatic carbocycles. The molecule has 0 amide bonds. The Morgan fingerprint density at radius 2 is 1.91 bits per heavy atom. The van der Waals surface area contributed by atoms with E-state index in [1.165, 1.54) is 0 Å². The third kappa shape index (κ3) is 4.12. The van der Waals surface area contributed by atoms with Gasteiger partial charge in [0.05, 0.1) is 24.4 Å². The van der Waals surface area contributed by atoms with Crippen molar-refractivity contribution in [3.8, 4) is 5.75 Å². The summed E-state index contributed by atoms with van der Waals surface area (Å²) in [5.74, 6) is -0.0190. The predicted molar refractivity (Wildman–Crippen MR) is 86.3 cm³/mol. The first-order chi connectivity index (χ1) is 11.0. The molecule has 23 heavy (non-hydrogen) atoms. The van der Waals surface area contributed by atoms with Crippen LogP contribution in [0.1, 0.15) is 23.7 Å². The first-order valence-electron chi connectivity index (χ1n) is 7.34. The lowest BCUT2D eigenvalue weighted by Crippen LogP contribution is -2.09. The summed E-state index contributed by atoms with van der Waals surface area (Å²) in [4.78, 5) is 16.0. The van der Waals surface area contributed by atoms with Gasteiger partial charge in [-0.3, -0.25) is 4.79 Å². The van der Waals surface area contributed by atoms with Crippen LogP contribution in [-0.4, -0.2) is 22.7 Å². The topological polar surface area (TPSA) is 84.1 Å². The van der Waals surface area contributed by atoms with Crippen LogP contribution in [0.25, 0.3) is 0 Å². The number of hydrogen-bond acceptors (Lipinski definition) is 6. The summed E-state index contributed by atoms with van der Waals surface area (Å²) >= 11 is 0. The van der Waals surface area contributed by atoms with Crippen molar-refractivity contribution in [2.24, 2.45) is 10.2 Å². The van der Waals surface area contributed by atoms with Crippen molar-refractivity contribution in [1.82, 2.24) is 4.98 Å². The van der Waals surface area contributed by atoms with Gasteiger partial charge in [0.15, 0.2) is 5.82 Å². The Morgan fingerprint density at radius 1 is 1.22 bits per heavy atom. The Balaban J connectivity index is 2.40. The molecule has 0 saturated heterocycles.